The maximum Gasteiger partial charge on any atom is 0.289 e. The summed E-state index contributed by atoms with van der Waals surface area (Å²) < 4.78 is 0. The van der Waals surface area contributed by atoms with E-state index >= 15 is 0 Å². The summed E-state index contributed by atoms with van der Waals surface area (Å²) in [5.74, 6) is -2.45. The normalized spacial score (nSPS) is 15.3. The quantitative estimate of drug-likeness (QED) is 0.211. The van der Waals surface area contributed by atoms with Crippen molar-refractivity contribution in [2.45, 2.75) is 34.3 Å². The van der Waals surface area contributed by atoms with E-state index < -0.39 is 42.8 Å². The Morgan fingerprint density at radius 1 is 1.03 bits per heavy atom. The Hall–Kier alpha value is -2.80. The van der Waals surface area contributed by atoms with Gasteiger partial charge in [0.25, 0.3) is 5.91 Å². The number of benzene rings is 2. The Morgan fingerprint density at radius 2 is 1.74 bits per heavy atom. The van der Waals surface area contributed by atoms with Gasteiger partial charge in [0, 0.05) is 9.79 Å². The van der Waals surface area contributed by atoms with Crippen LogP contribution in [0.5, 0.6) is 0 Å². The largest absolute Gasteiger partial charge is 0.394 e. The van der Waals surface area contributed by atoms with Crippen LogP contribution in [0.3, 0.4) is 0 Å². The Labute approximate surface area is 180 Å². The minimum atomic E-state index is -2.22. The fourth-order valence-electron chi connectivity index (χ4n) is 2.70. The molecular weight excluding hydrogens is 426 g/mol. The molecule has 1 aromatic heterocycles. The number of rotatable bonds is 9. The first-order valence-electron chi connectivity index (χ1n) is 9.20. The molecule has 0 saturated heterocycles. The molecule has 7 N–H and O–H groups in total. The number of amides is 1. The highest BCUT2D eigenvalue weighted by Gasteiger charge is 2.34. The Bertz CT molecular complexity index is 1060. The van der Waals surface area contributed by atoms with Crippen molar-refractivity contribution in [1.29, 1.82) is 0 Å². The molecule has 0 aliphatic carbocycles. The van der Waals surface area contributed by atoms with Gasteiger partial charge in [0.05, 0.1) is 17.6 Å². The summed E-state index contributed by atoms with van der Waals surface area (Å²) in [5, 5.41) is 49.1. The van der Waals surface area contributed by atoms with Crippen molar-refractivity contribution in [3.63, 3.8) is 0 Å². The van der Waals surface area contributed by atoms with Crippen molar-refractivity contribution in [2.24, 2.45) is 0 Å². The second-order valence-corrected chi connectivity index (χ2v) is 7.79. The van der Waals surface area contributed by atoms with Crippen LogP contribution < -0.4 is 5.32 Å². The third-order valence-corrected chi connectivity index (χ3v) is 5.38. The van der Waals surface area contributed by atoms with Gasteiger partial charge in [-0.25, -0.2) is 4.98 Å². The number of hydrogen-bond donors (Lipinski definition) is 7. The lowest BCUT2D eigenvalue weighted by atomic mass is 10.0. The number of carbonyl (C=O) groups excluding carboxylic acids is 2. The summed E-state index contributed by atoms with van der Waals surface area (Å²) in [5.41, 5.74) is 1.05. The SMILES string of the molecule is O=C(NC(O)C(=O)[C@@H](O)[C@H](O)[C@H](O)CO)c1nc2ccc(Sc3ccccc3)cc2[nH]1. The summed E-state index contributed by atoms with van der Waals surface area (Å²) >= 11 is 1.52. The Morgan fingerprint density at radius 3 is 2.42 bits per heavy atom. The van der Waals surface area contributed by atoms with Gasteiger partial charge < -0.3 is 35.8 Å². The van der Waals surface area contributed by atoms with Gasteiger partial charge in [-0.05, 0) is 30.3 Å². The predicted octanol–water partition coefficient (Wildman–Crippen LogP) is -0.594. The summed E-state index contributed by atoms with van der Waals surface area (Å²) in [6, 6.07) is 15.0. The predicted molar refractivity (Wildman–Crippen MR) is 110 cm³/mol. The van der Waals surface area contributed by atoms with Gasteiger partial charge in [-0.1, -0.05) is 30.0 Å². The van der Waals surface area contributed by atoms with Crippen LogP contribution in [0.15, 0.2) is 58.3 Å². The van der Waals surface area contributed by atoms with Crippen LogP contribution in [0.25, 0.3) is 11.0 Å². The zero-order valence-corrected chi connectivity index (χ0v) is 16.9. The number of hydrogen-bond acceptors (Lipinski definition) is 9. The third-order valence-electron chi connectivity index (χ3n) is 4.38. The number of carbonyl (C=O) groups is 2. The van der Waals surface area contributed by atoms with E-state index in [-0.39, 0.29) is 5.82 Å². The zero-order chi connectivity index (χ0) is 22.5. The number of Topliss-reactive ketones (excluding diaryl/α,β-unsaturated/α-hetero) is 1. The second kappa shape index (κ2) is 10.0. The van der Waals surface area contributed by atoms with Crippen LogP contribution in [-0.2, 0) is 4.79 Å². The summed E-state index contributed by atoms with van der Waals surface area (Å²) in [6.07, 6.45) is -8.21. The van der Waals surface area contributed by atoms with Gasteiger partial charge in [0.2, 0.25) is 5.78 Å². The molecule has 11 heteroatoms. The highest BCUT2D eigenvalue weighted by molar-refractivity contribution is 7.99. The van der Waals surface area contributed by atoms with Crippen LogP contribution in [0.1, 0.15) is 10.6 Å². The van der Waals surface area contributed by atoms with E-state index in [1.54, 1.807) is 12.1 Å². The number of fused-ring (bicyclic) bond motifs is 1. The lowest BCUT2D eigenvalue weighted by Gasteiger charge is -2.22. The van der Waals surface area contributed by atoms with Crippen LogP contribution in [0.2, 0.25) is 0 Å². The average molecular weight is 447 g/mol. The van der Waals surface area contributed by atoms with Crippen molar-refractivity contribution in [2.75, 3.05) is 6.61 Å². The van der Waals surface area contributed by atoms with Gasteiger partial charge in [-0.2, -0.15) is 0 Å². The minimum Gasteiger partial charge on any atom is -0.394 e. The van der Waals surface area contributed by atoms with Crippen LogP contribution in [0, 0.1) is 0 Å². The highest BCUT2D eigenvalue weighted by Crippen LogP contribution is 2.29. The summed E-state index contributed by atoms with van der Waals surface area (Å²) in [6.45, 7) is -0.905. The molecule has 0 bridgehead atoms. The number of ketones is 1. The highest BCUT2D eigenvalue weighted by atomic mass is 32.2. The van der Waals surface area contributed by atoms with E-state index in [4.69, 9.17) is 5.11 Å². The molecule has 0 saturated carbocycles. The number of aromatic amines is 1. The molecule has 0 aliphatic heterocycles. The van der Waals surface area contributed by atoms with Gasteiger partial charge in [0.1, 0.15) is 18.3 Å². The monoisotopic (exact) mass is 447 g/mol. The Kier molecular flexibility index (Phi) is 7.38. The molecule has 0 aliphatic rings. The zero-order valence-electron chi connectivity index (χ0n) is 16.0. The molecule has 10 nitrogen and oxygen atoms in total. The van der Waals surface area contributed by atoms with E-state index in [0.717, 1.165) is 9.79 Å². The molecule has 31 heavy (non-hydrogen) atoms. The molecule has 1 unspecified atom stereocenters. The smallest absolute Gasteiger partial charge is 0.289 e. The fourth-order valence-corrected chi connectivity index (χ4v) is 3.57. The van der Waals surface area contributed by atoms with E-state index in [1.165, 1.54) is 11.8 Å². The molecule has 0 radical (unpaired) electrons. The number of aliphatic hydroxyl groups is 5. The lowest BCUT2D eigenvalue weighted by molar-refractivity contribution is -0.149. The number of nitrogens with one attached hydrogen (secondary N) is 2. The first kappa shape index (κ1) is 22.9. The van der Waals surface area contributed by atoms with E-state index in [1.807, 2.05) is 41.7 Å². The van der Waals surface area contributed by atoms with Gasteiger partial charge in [-0.3, -0.25) is 9.59 Å². The van der Waals surface area contributed by atoms with Crippen molar-refractivity contribution in [3.05, 3.63) is 54.4 Å². The molecule has 1 heterocycles. The lowest BCUT2D eigenvalue weighted by Crippen LogP contribution is -2.52. The second-order valence-electron chi connectivity index (χ2n) is 6.64. The first-order chi connectivity index (χ1) is 14.8. The molecule has 2 aromatic carbocycles. The number of H-pyrrole nitrogens is 1. The molecular formula is C20H21N3O7S. The van der Waals surface area contributed by atoms with Gasteiger partial charge >= 0.3 is 0 Å². The third kappa shape index (κ3) is 5.47. The maximum atomic E-state index is 12.3. The number of aliphatic hydroxyl groups excluding tert-OH is 5. The van der Waals surface area contributed by atoms with Crippen LogP contribution >= 0.6 is 11.8 Å². The topological polar surface area (TPSA) is 176 Å². The van der Waals surface area contributed by atoms with E-state index in [9.17, 15) is 30.0 Å². The van der Waals surface area contributed by atoms with Crippen LogP contribution in [-0.4, -0.2) is 78.3 Å². The molecule has 1 amide bonds. The summed E-state index contributed by atoms with van der Waals surface area (Å²) in [7, 11) is 0. The van der Waals surface area contributed by atoms with Gasteiger partial charge in [-0.15, -0.1) is 0 Å². The molecule has 3 rings (SSSR count). The molecule has 0 fully saturated rings. The first-order valence-corrected chi connectivity index (χ1v) is 10.0. The van der Waals surface area contributed by atoms with E-state index in [0.29, 0.717) is 11.0 Å². The molecule has 3 aromatic rings. The fraction of sp³-hybridized carbons (Fsp3) is 0.250. The molecule has 164 valence electrons. The number of nitrogens with zero attached hydrogens (tertiary/aromatic N) is 1. The number of imidazole rings is 1. The molecule has 4 atom stereocenters. The van der Waals surface area contributed by atoms with Gasteiger partial charge in [0.15, 0.2) is 12.1 Å². The molecule has 0 spiro atoms. The van der Waals surface area contributed by atoms with Crippen LogP contribution in [0.4, 0.5) is 0 Å². The average Bonchev–Trinajstić information content (AvgIpc) is 3.21. The summed E-state index contributed by atoms with van der Waals surface area (Å²) in [4.78, 5) is 33.1. The minimum absolute atomic E-state index is 0.172. The van der Waals surface area contributed by atoms with Crippen molar-refractivity contribution in [3.8, 4) is 0 Å². The Balaban J connectivity index is 1.68. The number of aromatic nitrogens is 2. The van der Waals surface area contributed by atoms with Crippen molar-refractivity contribution in [1.82, 2.24) is 15.3 Å². The van der Waals surface area contributed by atoms with E-state index in [2.05, 4.69) is 9.97 Å². The van der Waals surface area contributed by atoms with Crippen molar-refractivity contribution >= 4 is 34.5 Å². The maximum absolute atomic E-state index is 12.3. The standard InChI is InChI=1S/C20H21N3O7S/c24-9-14(25)15(26)16(27)17(28)19(29)23-20(30)18-21-12-7-6-11(8-13(12)22-18)31-10-4-2-1-3-5-10/h1-8,14-16,19,24-27,29H,9H2,(H,21,22)(H,23,30)/t14-,15-,16+,19?/m1/s1. The van der Waals surface area contributed by atoms with Crippen molar-refractivity contribution < 1.29 is 35.1 Å².